The second-order valence-electron chi connectivity index (χ2n) is 8.57. The molecule has 0 heterocycles. The summed E-state index contributed by atoms with van der Waals surface area (Å²) in [6.45, 7) is 14.7. The summed E-state index contributed by atoms with van der Waals surface area (Å²) in [5.41, 5.74) is 3.51. The number of hydrogen-bond donors (Lipinski definition) is 2. The molecule has 23 heavy (non-hydrogen) atoms. The molecule has 2 atom stereocenters. The zero-order chi connectivity index (χ0) is 18.0. The van der Waals surface area contributed by atoms with Crippen LogP contribution >= 0.6 is 0 Å². The second-order valence-corrected chi connectivity index (χ2v) is 8.57. The third-order valence-corrected chi connectivity index (χ3v) is 4.25. The molecular formula is C20H34O3. The predicted octanol–water partition coefficient (Wildman–Crippen LogP) is 3.96. The van der Waals surface area contributed by atoms with E-state index < -0.39 is 12.2 Å². The van der Waals surface area contributed by atoms with E-state index in [9.17, 15) is 10.2 Å². The quantitative estimate of drug-likeness (QED) is 0.862. The van der Waals surface area contributed by atoms with Gasteiger partial charge in [-0.15, -0.1) is 0 Å². The number of aliphatic hydroxyl groups is 2. The van der Waals surface area contributed by atoms with Crippen molar-refractivity contribution in [3.05, 3.63) is 28.8 Å². The fourth-order valence-corrected chi connectivity index (χ4v) is 2.72. The maximum absolute atomic E-state index is 9.87. The van der Waals surface area contributed by atoms with E-state index in [0.717, 1.165) is 12.2 Å². The zero-order valence-corrected chi connectivity index (χ0v) is 16.0. The first-order valence-corrected chi connectivity index (χ1v) is 8.46. The summed E-state index contributed by atoms with van der Waals surface area (Å²) in [7, 11) is 1.73. The minimum absolute atomic E-state index is 0.0236. The third-order valence-electron chi connectivity index (χ3n) is 4.25. The van der Waals surface area contributed by atoms with Crippen LogP contribution in [0.4, 0.5) is 0 Å². The first kappa shape index (κ1) is 20.0. The number of aliphatic hydroxyl groups excluding tert-OH is 2. The van der Waals surface area contributed by atoms with Gasteiger partial charge < -0.3 is 14.9 Å². The van der Waals surface area contributed by atoms with Crippen LogP contribution in [-0.4, -0.2) is 29.5 Å². The monoisotopic (exact) mass is 322 g/mol. The Balaban J connectivity index is 3.33. The van der Waals surface area contributed by atoms with E-state index in [1.54, 1.807) is 14.0 Å². The maximum atomic E-state index is 9.87. The molecule has 0 fully saturated rings. The van der Waals surface area contributed by atoms with Gasteiger partial charge in [-0.1, -0.05) is 53.7 Å². The lowest BCUT2D eigenvalue weighted by atomic mass is 9.78. The van der Waals surface area contributed by atoms with Crippen molar-refractivity contribution in [2.45, 2.75) is 84.3 Å². The van der Waals surface area contributed by atoms with Gasteiger partial charge in [0, 0.05) is 11.1 Å². The molecule has 1 rings (SSSR count). The van der Waals surface area contributed by atoms with Crippen LogP contribution in [0.15, 0.2) is 12.1 Å². The van der Waals surface area contributed by atoms with Crippen LogP contribution < -0.4 is 4.74 Å². The number of hydrogen-bond acceptors (Lipinski definition) is 3. The molecule has 0 saturated heterocycles. The molecule has 0 saturated carbocycles. The molecule has 0 aromatic heterocycles. The molecule has 1 aromatic carbocycles. The van der Waals surface area contributed by atoms with Gasteiger partial charge in [0.05, 0.1) is 19.3 Å². The van der Waals surface area contributed by atoms with E-state index in [0.29, 0.717) is 6.42 Å². The highest BCUT2D eigenvalue weighted by molar-refractivity contribution is 5.50. The van der Waals surface area contributed by atoms with Gasteiger partial charge in [0.15, 0.2) is 0 Å². The molecule has 1 aromatic rings. The van der Waals surface area contributed by atoms with E-state index in [4.69, 9.17) is 4.74 Å². The second kappa shape index (κ2) is 7.23. The Bertz CT molecular complexity index is 484. The molecular weight excluding hydrogens is 288 g/mol. The molecule has 132 valence electrons. The van der Waals surface area contributed by atoms with Crippen molar-refractivity contribution in [2.24, 2.45) is 0 Å². The molecule has 2 unspecified atom stereocenters. The largest absolute Gasteiger partial charge is 0.496 e. The topological polar surface area (TPSA) is 49.7 Å². The van der Waals surface area contributed by atoms with Crippen molar-refractivity contribution in [1.82, 2.24) is 0 Å². The lowest BCUT2D eigenvalue weighted by Gasteiger charge is -2.30. The van der Waals surface area contributed by atoms with Crippen LogP contribution in [0, 0.1) is 0 Å². The highest BCUT2D eigenvalue weighted by atomic mass is 16.5. The van der Waals surface area contributed by atoms with E-state index in [1.807, 2.05) is 0 Å². The molecule has 0 amide bonds. The SMILES string of the molecule is COc1c(C(C)(C)C)cc(CCC(O)C(C)O)cc1C(C)(C)C. The van der Waals surface area contributed by atoms with Crippen LogP contribution in [0.3, 0.4) is 0 Å². The first-order valence-electron chi connectivity index (χ1n) is 8.46. The third kappa shape index (κ3) is 5.22. The Morgan fingerprint density at radius 1 is 0.957 bits per heavy atom. The summed E-state index contributed by atoms with van der Waals surface area (Å²) in [4.78, 5) is 0. The van der Waals surface area contributed by atoms with Crippen molar-refractivity contribution in [3.63, 3.8) is 0 Å². The summed E-state index contributed by atoms with van der Waals surface area (Å²) in [5, 5.41) is 19.4. The van der Waals surface area contributed by atoms with Crippen LogP contribution in [-0.2, 0) is 17.3 Å². The standard InChI is InChI=1S/C20H34O3/c1-13(21)17(22)10-9-14-11-15(19(2,3)4)18(23-8)16(12-14)20(5,6)7/h11-13,17,21-22H,9-10H2,1-8H3. The van der Waals surface area contributed by atoms with Crippen molar-refractivity contribution in [1.29, 1.82) is 0 Å². The van der Waals surface area contributed by atoms with Gasteiger partial charge in [-0.3, -0.25) is 0 Å². The Hall–Kier alpha value is -1.06. The van der Waals surface area contributed by atoms with Crippen molar-refractivity contribution >= 4 is 0 Å². The van der Waals surface area contributed by atoms with Crippen LogP contribution in [0.1, 0.15) is 71.6 Å². The van der Waals surface area contributed by atoms with Crippen LogP contribution in [0.25, 0.3) is 0 Å². The van der Waals surface area contributed by atoms with E-state index >= 15 is 0 Å². The molecule has 0 aliphatic heterocycles. The molecule has 3 nitrogen and oxygen atoms in total. The highest BCUT2D eigenvalue weighted by Gasteiger charge is 2.27. The predicted molar refractivity (Wildman–Crippen MR) is 96.4 cm³/mol. The zero-order valence-electron chi connectivity index (χ0n) is 16.0. The minimum atomic E-state index is -0.697. The van der Waals surface area contributed by atoms with Crippen molar-refractivity contribution in [2.75, 3.05) is 7.11 Å². The first-order chi connectivity index (χ1) is 10.4. The van der Waals surface area contributed by atoms with Gasteiger partial charge in [0.25, 0.3) is 0 Å². The van der Waals surface area contributed by atoms with Gasteiger partial charge in [-0.05, 0) is 36.2 Å². The minimum Gasteiger partial charge on any atom is -0.496 e. The lowest BCUT2D eigenvalue weighted by molar-refractivity contribution is 0.0265. The summed E-state index contributed by atoms with van der Waals surface area (Å²) < 4.78 is 5.76. The Labute approximate surface area is 141 Å². The van der Waals surface area contributed by atoms with E-state index in [2.05, 4.69) is 53.7 Å². The van der Waals surface area contributed by atoms with E-state index in [-0.39, 0.29) is 10.8 Å². The van der Waals surface area contributed by atoms with Crippen LogP contribution in [0.2, 0.25) is 0 Å². The number of benzene rings is 1. The van der Waals surface area contributed by atoms with Crippen molar-refractivity contribution in [3.8, 4) is 5.75 Å². The molecule has 0 aliphatic rings. The molecule has 0 spiro atoms. The molecule has 3 heteroatoms. The summed E-state index contributed by atoms with van der Waals surface area (Å²) in [5.74, 6) is 0.963. The molecule has 0 radical (unpaired) electrons. The van der Waals surface area contributed by atoms with Gasteiger partial charge >= 0.3 is 0 Å². The Morgan fingerprint density at radius 2 is 1.39 bits per heavy atom. The van der Waals surface area contributed by atoms with Gasteiger partial charge in [0.1, 0.15) is 5.75 Å². The summed E-state index contributed by atoms with van der Waals surface area (Å²) >= 11 is 0. The van der Waals surface area contributed by atoms with Gasteiger partial charge in [-0.2, -0.15) is 0 Å². The number of aryl methyl sites for hydroxylation is 1. The van der Waals surface area contributed by atoms with Gasteiger partial charge in [0.2, 0.25) is 0 Å². The smallest absolute Gasteiger partial charge is 0.126 e. The van der Waals surface area contributed by atoms with Crippen LogP contribution in [0.5, 0.6) is 5.75 Å². The molecule has 2 N–H and O–H groups in total. The Morgan fingerprint density at radius 3 is 1.70 bits per heavy atom. The average molecular weight is 322 g/mol. The maximum Gasteiger partial charge on any atom is 0.126 e. The summed E-state index contributed by atoms with van der Waals surface area (Å²) in [6.07, 6.45) is -0.0926. The average Bonchev–Trinajstić information content (AvgIpc) is 2.41. The van der Waals surface area contributed by atoms with Crippen molar-refractivity contribution < 1.29 is 14.9 Å². The molecule has 0 bridgehead atoms. The number of methoxy groups -OCH3 is 1. The number of ether oxygens (including phenoxy) is 1. The normalized spacial score (nSPS) is 15.4. The fourth-order valence-electron chi connectivity index (χ4n) is 2.72. The summed E-state index contributed by atoms with van der Waals surface area (Å²) in [6, 6.07) is 4.37. The highest BCUT2D eigenvalue weighted by Crippen LogP contribution is 2.40. The lowest BCUT2D eigenvalue weighted by Crippen LogP contribution is -2.23. The fraction of sp³-hybridized carbons (Fsp3) is 0.700. The molecule has 0 aliphatic carbocycles. The van der Waals surface area contributed by atoms with E-state index in [1.165, 1.54) is 16.7 Å². The Kier molecular flexibility index (Phi) is 6.28. The number of rotatable bonds is 5. The van der Waals surface area contributed by atoms with Gasteiger partial charge in [-0.25, -0.2) is 0 Å².